The average molecular weight is 659 g/mol. The standard InChI is InChI=1S/C38H42N8O3/c1-24-7-13-30(14-8-24)46-37(49)43-36(44-46)38(17-18-42-23-34(47)45-19-5-6-31(45)22-39)32-15-11-26(25(2)40-3)20-27(32)9-10-28-21-29(35(48)41-4)12-16-33(28)38/h7-8,11-16,20-21,31,40,42H,2,5-6,9-10,17-19,23H2,1,3-4H3,(H,41,48)(H,43,44,49). The fourth-order valence-electron chi connectivity index (χ4n) is 7.26. The number of hydrogen-bond donors (Lipinski definition) is 4. The van der Waals surface area contributed by atoms with Gasteiger partial charge in [-0.15, -0.1) is 5.10 Å². The van der Waals surface area contributed by atoms with Gasteiger partial charge in [-0.2, -0.15) is 9.94 Å². The van der Waals surface area contributed by atoms with Crippen molar-refractivity contribution >= 4 is 17.5 Å². The molecular weight excluding hydrogens is 616 g/mol. The van der Waals surface area contributed by atoms with E-state index in [9.17, 15) is 19.6 Å². The molecular formula is C38H42N8O3. The quantitative estimate of drug-likeness (QED) is 0.191. The van der Waals surface area contributed by atoms with Crippen LogP contribution in [0.3, 0.4) is 0 Å². The monoisotopic (exact) mass is 658 g/mol. The van der Waals surface area contributed by atoms with Crippen LogP contribution in [0.4, 0.5) is 0 Å². The topological polar surface area (TPSA) is 148 Å². The summed E-state index contributed by atoms with van der Waals surface area (Å²) in [5, 5.41) is 23.7. The second-order valence-electron chi connectivity index (χ2n) is 12.8. The van der Waals surface area contributed by atoms with Gasteiger partial charge in [0.25, 0.3) is 5.91 Å². The largest absolute Gasteiger partial charge is 0.388 e. The van der Waals surface area contributed by atoms with Crippen LogP contribution in [0.2, 0.25) is 0 Å². The first kappa shape index (κ1) is 33.4. The van der Waals surface area contributed by atoms with Gasteiger partial charge in [0.1, 0.15) is 11.9 Å². The molecule has 2 unspecified atom stereocenters. The third-order valence-electron chi connectivity index (χ3n) is 9.91. The minimum absolute atomic E-state index is 0.0822. The highest BCUT2D eigenvalue weighted by molar-refractivity contribution is 5.94. The molecule has 49 heavy (non-hydrogen) atoms. The van der Waals surface area contributed by atoms with Crippen LogP contribution in [-0.4, -0.2) is 71.3 Å². The van der Waals surface area contributed by atoms with Gasteiger partial charge < -0.3 is 20.9 Å². The molecule has 0 bridgehead atoms. The summed E-state index contributed by atoms with van der Waals surface area (Å²) in [6.45, 7) is 7.23. The van der Waals surface area contributed by atoms with Gasteiger partial charge in [0.05, 0.1) is 23.7 Å². The Bertz CT molecular complexity index is 1930. The number of fused-ring (bicyclic) bond motifs is 2. The van der Waals surface area contributed by atoms with Crippen molar-refractivity contribution in [1.29, 1.82) is 5.26 Å². The molecule has 3 aromatic carbocycles. The molecule has 2 amide bonds. The number of nitrogens with zero attached hydrogens (tertiary/aromatic N) is 4. The summed E-state index contributed by atoms with van der Waals surface area (Å²) in [6, 6.07) is 21.4. The van der Waals surface area contributed by atoms with E-state index in [4.69, 9.17) is 5.10 Å². The molecule has 2 atom stereocenters. The first-order valence-electron chi connectivity index (χ1n) is 16.7. The Morgan fingerprint density at radius 2 is 1.69 bits per heavy atom. The van der Waals surface area contributed by atoms with Gasteiger partial charge in [0.2, 0.25) is 5.91 Å². The summed E-state index contributed by atoms with van der Waals surface area (Å²) < 4.78 is 1.39. The first-order valence-corrected chi connectivity index (χ1v) is 16.7. The van der Waals surface area contributed by atoms with Gasteiger partial charge >= 0.3 is 5.69 Å². The van der Waals surface area contributed by atoms with Crippen molar-refractivity contribution in [1.82, 2.24) is 35.6 Å². The molecule has 6 rings (SSSR count). The van der Waals surface area contributed by atoms with E-state index in [0.717, 1.165) is 45.5 Å². The Kier molecular flexibility index (Phi) is 9.51. The molecule has 0 radical (unpaired) electrons. The molecule has 2 heterocycles. The number of aryl methyl sites for hydroxylation is 3. The summed E-state index contributed by atoms with van der Waals surface area (Å²) in [5.41, 5.74) is 6.61. The summed E-state index contributed by atoms with van der Waals surface area (Å²) in [6.07, 6.45) is 3.29. The number of aromatic amines is 1. The molecule has 1 fully saturated rings. The van der Waals surface area contributed by atoms with Crippen molar-refractivity contribution in [2.24, 2.45) is 0 Å². The fourth-order valence-corrected chi connectivity index (χ4v) is 7.26. The van der Waals surface area contributed by atoms with Crippen molar-refractivity contribution in [3.63, 3.8) is 0 Å². The molecule has 0 saturated carbocycles. The average Bonchev–Trinajstić information content (AvgIpc) is 3.74. The number of aromatic nitrogens is 3. The summed E-state index contributed by atoms with van der Waals surface area (Å²) in [7, 11) is 3.45. The maximum atomic E-state index is 13.7. The van der Waals surface area contributed by atoms with Gasteiger partial charge in [-0.05, 0) is 104 Å². The van der Waals surface area contributed by atoms with Crippen LogP contribution in [0.5, 0.6) is 0 Å². The maximum Gasteiger partial charge on any atom is 0.348 e. The van der Waals surface area contributed by atoms with E-state index in [-0.39, 0.29) is 24.0 Å². The predicted octanol–water partition coefficient (Wildman–Crippen LogP) is 3.35. The molecule has 4 aromatic rings. The van der Waals surface area contributed by atoms with E-state index in [1.54, 1.807) is 11.9 Å². The number of benzene rings is 3. The highest BCUT2D eigenvalue weighted by Gasteiger charge is 2.44. The number of amides is 2. The van der Waals surface area contributed by atoms with Crippen molar-refractivity contribution in [2.45, 2.75) is 50.5 Å². The second-order valence-corrected chi connectivity index (χ2v) is 12.8. The Morgan fingerprint density at radius 3 is 2.35 bits per heavy atom. The third-order valence-corrected chi connectivity index (χ3v) is 9.91. The van der Waals surface area contributed by atoms with Crippen LogP contribution in [0.15, 0.2) is 72.0 Å². The van der Waals surface area contributed by atoms with Gasteiger partial charge in [-0.25, -0.2) is 4.79 Å². The number of likely N-dealkylation sites (tertiary alicyclic amines) is 1. The zero-order valence-corrected chi connectivity index (χ0v) is 28.2. The molecule has 1 aliphatic heterocycles. The van der Waals surface area contributed by atoms with Crippen molar-refractivity contribution in [3.05, 3.63) is 122 Å². The summed E-state index contributed by atoms with van der Waals surface area (Å²) in [5.74, 6) is 0.174. The van der Waals surface area contributed by atoms with Crippen molar-refractivity contribution in [2.75, 3.05) is 33.7 Å². The maximum absolute atomic E-state index is 13.7. The smallest absolute Gasteiger partial charge is 0.348 e. The van der Waals surface area contributed by atoms with Crippen LogP contribution in [-0.2, 0) is 23.1 Å². The summed E-state index contributed by atoms with van der Waals surface area (Å²) >= 11 is 0. The molecule has 252 valence electrons. The minimum Gasteiger partial charge on any atom is -0.388 e. The van der Waals surface area contributed by atoms with Gasteiger partial charge in [-0.3, -0.25) is 14.6 Å². The predicted molar refractivity (Wildman–Crippen MR) is 188 cm³/mol. The van der Waals surface area contributed by atoms with Crippen molar-refractivity contribution < 1.29 is 9.59 Å². The SMILES string of the molecule is C=C(NC)c1ccc2c(c1)CCc1cc(C(=O)NC)ccc1C2(CCNCC(=O)N1CCCC1C#N)c1nn(-c2ccc(C)cc2)c(=O)[nH]1. The van der Waals surface area contributed by atoms with E-state index in [0.29, 0.717) is 55.8 Å². The number of carbonyl (C=O) groups is 2. The van der Waals surface area contributed by atoms with E-state index < -0.39 is 11.5 Å². The molecule has 1 aromatic heterocycles. The zero-order chi connectivity index (χ0) is 34.7. The molecule has 0 spiro atoms. The molecule has 2 aliphatic rings. The van der Waals surface area contributed by atoms with Crippen LogP contribution in [0.25, 0.3) is 11.4 Å². The van der Waals surface area contributed by atoms with Crippen LogP contribution >= 0.6 is 0 Å². The molecule has 11 nitrogen and oxygen atoms in total. The normalized spacial score (nSPS) is 18.2. The molecule has 1 saturated heterocycles. The van der Waals surface area contributed by atoms with Crippen molar-refractivity contribution in [3.8, 4) is 11.8 Å². The lowest BCUT2D eigenvalue weighted by Crippen LogP contribution is -2.42. The number of nitrogens with one attached hydrogen (secondary N) is 4. The van der Waals surface area contributed by atoms with E-state index in [1.165, 1.54) is 4.68 Å². The van der Waals surface area contributed by atoms with E-state index in [2.05, 4.69) is 45.7 Å². The second kappa shape index (κ2) is 13.9. The van der Waals surface area contributed by atoms with Crippen LogP contribution in [0.1, 0.15) is 68.8 Å². The highest BCUT2D eigenvalue weighted by Crippen LogP contribution is 2.46. The molecule has 1 aliphatic carbocycles. The Hall–Kier alpha value is -5.47. The molecule has 4 N–H and O–H groups in total. The van der Waals surface area contributed by atoms with Crippen LogP contribution < -0.4 is 21.6 Å². The lowest BCUT2D eigenvalue weighted by Gasteiger charge is -2.35. The molecule has 11 heteroatoms. The van der Waals surface area contributed by atoms with Gasteiger partial charge in [0, 0.05) is 31.9 Å². The first-order chi connectivity index (χ1) is 23.7. The van der Waals surface area contributed by atoms with Gasteiger partial charge in [-0.1, -0.05) is 42.5 Å². The van der Waals surface area contributed by atoms with E-state index >= 15 is 0 Å². The van der Waals surface area contributed by atoms with Crippen LogP contribution in [0, 0.1) is 18.3 Å². The highest BCUT2D eigenvalue weighted by atomic mass is 16.2. The Morgan fingerprint density at radius 1 is 1.02 bits per heavy atom. The number of H-pyrrole nitrogens is 1. The zero-order valence-electron chi connectivity index (χ0n) is 28.2. The Balaban J connectivity index is 1.50. The number of rotatable bonds is 10. The Labute approximate surface area is 286 Å². The van der Waals surface area contributed by atoms with Gasteiger partial charge in [0.15, 0.2) is 0 Å². The number of nitriles is 1. The number of hydrogen-bond acceptors (Lipinski definition) is 7. The lowest BCUT2D eigenvalue weighted by molar-refractivity contribution is -0.130. The number of carbonyl (C=O) groups excluding carboxylic acids is 2. The van der Waals surface area contributed by atoms with E-state index in [1.807, 2.05) is 62.5 Å². The summed E-state index contributed by atoms with van der Waals surface area (Å²) in [4.78, 5) is 44.4. The fraction of sp³-hybridized carbons (Fsp3) is 0.342. The minimum atomic E-state index is -0.962. The lowest BCUT2D eigenvalue weighted by atomic mass is 9.69. The third kappa shape index (κ3) is 6.27.